The molecule has 2 aromatic carbocycles. The van der Waals surface area contributed by atoms with Gasteiger partial charge >= 0.3 is 0 Å². The van der Waals surface area contributed by atoms with Crippen molar-refractivity contribution in [3.8, 4) is 11.5 Å². The zero-order valence-corrected chi connectivity index (χ0v) is 19.2. The summed E-state index contributed by atoms with van der Waals surface area (Å²) in [5.41, 5.74) is 2.92. The van der Waals surface area contributed by atoms with Crippen LogP contribution in [-0.4, -0.2) is 67.6 Å². The zero-order chi connectivity index (χ0) is 22.7. The minimum atomic E-state index is -0.151. The number of hydrogen-bond acceptors (Lipinski definition) is 6. The lowest BCUT2D eigenvalue weighted by Crippen LogP contribution is -2.49. The fourth-order valence-corrected chi connectivity index (χ4v) is 4.46. The van der Waals surface area contributed by atoms with Gasteiger partial charge in [-0.15, -0.1) is 0 Å². The highest BCUT2D eigenvalue weighted by molar-refractivity contribution is 6.03. The van der Waals surface area contributed by atoms with Gasteiger partial charge in [0, 0.05) is 19.5 Å². The molecule has 0 aliphatic carbocycles. The second kappa shape index (κ2) is 9.71. The van der Waals surface area contributed by atoms with Crippen molar-refractivity contribution in [3.63, 3.8) is 0 Å². The molecule has 3 atom stereocenters. The molecular weight excluding hydrogens is 406 g/mol. The summed E-state index contributed by atoms with van der Waals surface area (Å²) in [4.78, 5) is 15.6. The monoisotopic (exact) mass is 437 g/mol. The molecule has 1 amide bonds. The number of nitrogens with zero attached hydrogens (tertiary/aromatic N) is 3. The Kier molecular flexibility index (Phi) is 6.77. The third-order valence-corrected chi connectivity index (χ3v) is 5.94. The van der Waals surface area contributed by atoms with E-state index < -0.39 is 0 Å². The van der Waals surface area contributed by atoms with E-state index in [0.29, 0.717) is 13.0 Å². The maximum atomic E-state index is 13.4. The average molecular weight is 438 g/mol. The van der Waals surface area contributed by atoms with E-state index in [1.165, 1.54) is 0 Å². The van der Waals surface area contributed by atoms with Gasteiger partial charge in [-0.3, -0.25) is 9.69 Å². The highest BCUT2D eigenvalue weighted by Gasteiger charge is 2.34. The topological polar surface area (TPSA) is 63.6 Å². The Labute approximate surface area is 189 Å². The molecule has 4 rings (SSSR count). The minimum absolute atomic E-state index is 0.00405. The Morgan fingerprint density at radius 1 is 0.969 bits per heavy atom. The number of morpholine rings is 1. The van der Waals surface area contributed by atoms with E-state index in [9.17, 15) is 4.79 Å². The van der Waals surface area contributed by atoms with Crippen molar-refractivity contribution in [2.45, 2.75) is 38.5 Å². The van der Waals surface area contributed by atoms with Gasteiger partial charge in [0.25, 0.3) is 5.91 Å². The van der Waals surface area contributed by atoms with Crippen molar-refractivity contribution < 1.29 is 19.0 Å². The van der Waals surface area contributed by atoms with Gasteiger partial charge in [0.2, 0.25) is 0 Å². The Balaban J connectivity index is 1.58. The summed E-state index contributed by atoms with van der Waals surface area (Å²) in [7, 11) is 3.30. The molecule has 2 aliphatic heterocycles. The number of carbonyl (C=O) groups excluding carboxylic acids is 1. The molecule has 1 fully saturated rings. The first-order valence-electron chi connectivity index (χ1n) is 11.0. The number of hydrazone groups is 1. The predicted octanol–water partition coefficient (Wildman–Crippen LogP) is 3.49. The van der Waals surface area contributed by atoms with Crippen LogP contribution in [0.25, 0.3) is 0 Å². The lowest BCUT2D eigenvalue weighted by Gasteiger charge is -2.35. The largest absolute Gasteiger partial charge is 0.497 e. The van der Waals surface area contributed by atoms with Crippen LogP contribution in [0.2, 0.25) is 0 Å². The molecule has 32 heavy (non-hydrogen) atoms. The molecule has 7 nitrogen and oxygen atoms in total. The first kappa shape index (κ1) is 22.3. The summed E-state index contributed by atoms with van der Waals surface area (Å²) >= 11 is 0. The van der Waals surface area contributed by atoms with Crippen molar-refractivity contribution in [1.82, 2.24) is 9.91 Å². The third-order valence-electron chi connectivity index (χ3n) is 5.94. The fraction of sp³-hybridized carbons (Fsp3) is 0.440. The molecule has 0 bridgehead atoms. The normalized spacial score (nSPS) is 23.7. The van der Waals surface area contributed by atoms with E-state index in [1.54, 1.807) is 19.2 Å². The summed E-state index contributed by atoms with van der Waals surface area (Å²) in [5.74, 6) is 1.58. The highest BCUT2D eigenvalue weighted by atomic mass is 16.5. The van der Waals surface area contributed by atoms with Crippen LogP contribution in [0, 0.1) is 0 Å². The number of benzene rings is 2. The van der Waals surface area contributed by atoms with Crippen LogP contribution in [0.5, 0.6) is 11.5 Å². The number of rotatable bonds is 6. The fourth-order valence-electron chi connectivity index (χ4n) is 4.46. The van der Waals surface area contributed by atoms with E-state index >= 15 is 0 Å². The Morgan fingerprint density at radius 2 is 1.53 bits per heavy atom. The number of carbonyl (C=O) groups is 1. The Morgan fingerprint density at radius 3 is 2.09 bits per heavy atom. The van der Waals surface area contributed by atoms with Crippen molar-refractivity contribution >= 4 is 11.6 Å². The van der Waals surface area contributed by atoms with Gasteiger partial charge in [-0.2, -0.15) is 5.10 Å². The summed E-state index contributed by atoms with van der Waals surface area (Å²) in [6, 6.07) is 15.5. The van der Waals surface area contributed by atoms with Crippen LogP contribution in [0.1, 0.15) is 37.4 Å². The van der Waals surface area contributed by atoms with Crippen molar-refractivity contribution in [1.29, 1.82) is 0 Å². The molecule has 1 saturated heterocycles. The van der Waals surface area contributed by atoms with Crippen LogP contribution in [0.4, 0.5) is 0 Å². The minimum Gasteiger partial charge on any atom is -0.497 e. The second-order valence-corrected chi connectivity index (χ2v) is 8.46. The number of hydrogen-bond donors (Lipinski definition) is 0. The smallest absolute Gasteiger partial charge is 0.257 e. The zero-order valence-electron chi connectivity index (χ0n) is 19.2. The third kappa shape index (κ3) is 4.95. The molecule has 0 N–H and O–H groups in total. The van der Waals surface area contributed by atoms with Crippen molar-refractivity contribution in [2.75, 3.05) is 33.9 Å². The Bertz CT molecular complexity index is 948. The number of methoxy groups -OCH3 is 2. The quantitative estimate of drug-likeness (QED) is 0.692. The van der Waals surface area contributed by atoms with E-state index in [4.69, 9.17) is 19.3 Å². The lowest BCUT2D eigenvalue weighted by molar-refractivity contribution is -0.137. The van der Waals surface area contributed by atoms with Crippen LogP contribution >= 0.6 is 0 Å². The van der Waals surface area contributed by atoms with E-state index in [0.717, 1.165) is 41.4 Å². The van der Waals surface area contributed by atoms with Gasteiger partial charge in [0.1, 0.15) is 11.5 Å². The first-order valence-corrected chi connectivity index (χ1v) is 11.0. The predicted molar refractivity (Wildman–Crippen MR) is 123 cm³/mol. The maximum absolute atomic E-state index is 13.4. The summed E-state index contributed by atoms with van der Waals surface area (Å²) in [5, 5.41) is 6.45. The standard InChI is InChI=1S/C25H31N3O4/c1-17-14-27(15-18(2)32-17)16-25(29)28-24(20-7-11-22(31-4)12-8-20)13-23(26-28)19-5-9-21(30-3)10-6-19/h5-12,17-18,24H,13-16H2,1-4H3. The van der Waals surface area contributed by atoms with Crippen LogP contribution in [-0.2, 0) is 9.53 Å². The van der Waals surface area contributed by atoms with Gasteiger partial charge < -0.3 is 14.2 Å². The van der Waals surface area contributed by atoms with Gasteiger partial charge in [-0.25, -0.2) is 5.01 Å². The molecule has 170 valence electrons. The molecule has 0 aromatic heterocycles. The SMILES string of the molecule is COc1ccc(C2=NN(C(=O)CN3CC(C)OC(C)C3)C(c3ccc(OC)cc3)C2)cc1. The molecule has 0 saturated carbocycles. The number of ether oxygens (including phenoxy) is 3. The van der Waals surface area contributed by atoms with Crippen molar-refractivity contribution in [2.24, 2.45) is 5.10 Å². The molecule has 0 spiro atoms. The lowest BCUT2D eigenvalue weighted by atomic mass is 9.98. The molecule has 2 aliphatic rings. The molecular formula is C25H31N3O4. The van der Waals surface area contributed by atoms with E-state index in [1.807, 2.05) is 62.4 Å². The average Bonchev–Trinajstić information content (AvgIpc) is 3.24. The van der Waals surface area contributed by atoms with Gasteiger partial charge in [-0.05, 0) is 61.4 Å². The summed E-state index contributed by atoms with van der Waals surface area (Å²) in [6.07, 6.45) is 0.877. The maximum Gasteiger partial charge on any atom is 0.257 e. The molecule has 3 unspecified atom stereocenters. The van der Waals surface area contributed by atoms with Gasteiger partial charge in [0.15, 0.2) is 0 Å². The first-order chi connectivity index (χ1) is 15.5. The Hall–Kier alpha value is -2.90. The second-order valence-electron chi connectivity index (χ2n) is 8.46. The molecule has 7 heteroatoms. The van der Waals surface area contributed by atoms with Crippen LogP contribution < -0.4 is 9.47 Å². The summed E-state index contributed by atoms with van der Waals surface area (Å²) < 4.78 is 16.4. The van der Waals surface area contributed by atoms with Crippen LogP contribution in [0.15, 0.2) is 53.6 Å². The molecule has 0 radical (unpaired) electrons. The molecule has 2 heterocycles. The highest BCUT2D eigenvalue weighted by Crippen LogP contribution is 2.34. The van der Waals surface area contributed by atoms with E-state index in [-0.39, 0.29) is 24.2 Å². The summed E-state index contributed by atoms with van der Waals surface area (Å²) in [6.45, 7) is 5.90. The van der Waals surface area contributed by atoms with Crippen LogP contribution in [0.3, 0.4) is 0 Å². The van der Waals surface area contributed by atoms with Gasteiger partial charge in [-0.1, -0.05) is 12.1 Å². The number of amides is 1. The van der Waals surface area contributed by atoms with Gasteiger partial charge in [0.05, 0.1) is 44.7 Å². The molecule has 2 aromatic rings. The van der Waals surface area contributed by atoms with Crippen molar-refractivity contribution in [3.05, 3.63) is 59.7 Å². The van der Waals surface area contributed by atoms with E-state index in [2.05, 4.69) is 4.90 Å².